The lowest BCUT2D eigenvalue weighted by molar-refractivity contribution is -0.146. The molecule has 0 rings (SSSR count). The van der Waals surface area contributed by atoms with Crippen molar-refractivity contribution in [3.8, 4) is 0 Å². The molecular formula is C26H55NO5S. The quantitative estimate of drug-likeness (QED) is 0.101. The van der Waals surface area contributed by atoms with Crippen LogP contribution in [0, 0.1) is 5.92 Å². The third-order valence-electron chi connectivity index (χ3n) is 6.14. The summed E-state index contributed by atoms with van der Waals surface area (Å²) < 4.78 is 32.2. The summed E-state index contributed by atoms with van der Waals surface area (Å²) in [6.45, 7) is 8.23. The Morgan fingerprint density at radius 3 is 1.39 bits per heavy atom. The van der Waals surface area contributed by atoms with Crippen LogP contribution in [-0.2, 0) is 19.6 Å². The first-order valence-corrected chi connectivity index (χ1v) is 15.2. The van der Waals surface area contributed by atoms with Gasteiger partial charge in [-0.15, -0.1) is 0 Å². The van der Waals surface area contributed by atoms with Crippen LogP contribution in [0.25, 0.3) is 0 Å². The third kappa shape index (κ3) is 27.5. The minimum atomic E-state index is -3.66. The van der Waals surface area contributed by atoms with Gasteiger partial charge in [-0.25, -0.2) is 0 Å². The Morgan fingerprint density at radius 2 is 1.09 bits per heavy atom. The second-order valence-electron chi connectivity index (χ2n) is 9.25. The number of esters is 1. The Balaban J connectivity index is 0. The van der Waals surface area contributed by atoms with Gasteiger partial charge in [-0.05, 0) is 19.3 Å². The van der Waals surface area contributed by atoms with Crippen molar-refractivity contribution in [1.29, 1.82) is 0 Å². The average Bonchev–Trinajstić information content (AvgIpc) is 2.79. The van der Waals surface area contributed by atoms with E-state index in [2.05, 4.69) is 6.92 Å². The van der Waals surface area contributed by atoms with Crippen molar-refractivity contribution in [2.45, 2.75) is 143 Å². The van der Waals surface area contributed by atoms with Crippen LogP contribution in [0.1, 0.15) is 137 Å². The first-order valence-electron chi connectivity index (χ1n) is 13.6. The Hall–Kier alpha value is -0.660. The van der Waals surface area contributed by atoms with Gasteiger partial charge in [0.2, 0.25) is 0 Å². The van der Waals surface area contributed by atoms with Gasteiger partial charge >= 0.3 is 5.97 Å². The van der Waals surface area contributed by atoms with Crippen molar-refractivity contribution in [3.05, 3.63) is 0 Å². The second kappa shape index (κ2) is 24.5. The summed E-state index contributed by atoms with van der Waals surface area (Å²) >= 11 is 0. The number of carbonyl (C=O) groups excluding carboxylic acids is 1. The zero-order chi connectivity index (χ0) is 25.4. The molecule has 0 saturated heterocycles. The summed E-state index contributed by atoms with van der Waals surface area (Å²) in [5.41, 5.74) is 5.87. The number of rotatable bonds is 21. The third-order valence-corrected chi connectivity index (χ3v) is 6.87. The van der Waals surface area contributed by atoms with Crippen molar-refractivity contribution < 1.29 is 22.5 Å². The number of ether oxygens (including phenoxy) is 1. The molecule has 0 aromatic rings. The van der Waals surface area contributed by atoms with E-state index in [-0.39, 0.29) is 17.6 Å². The zero-order valence-electron chi connectivity index (χ0n) is 22.2. The van der Waals surface area contributed by atoms with Gasteiger partial charge in [-0.1, -0.05) is 124 Å². The molecule has 0 aromatic heterocycles. The van der Waals surface area contributed by atoms with E-state index in [9.17, 15) is 13.2 Å². The Morgan fingerprint density at radius 1 is 0.758 bits per heavy atom. The van der Waals surface area contributed by atoms with Gasteiger partial charge < -0.3 is 10.5 Å². The van der Waals surface area contributed by atoms with Crippen molar-refractivity contribution in [2.24, 2.45) is 11.7 Å². The summed E-state index contributed by atoms with van der Waals surface area (Å²) in [7, 11) is -3.66. The van der Waals surface area contributed by atoms with Crippen molar-refractivity contribution in [1.82, 2.24) is 0 Å². The van der Waals surface area contributed by atoms with Gasteiger partial charge in [0.1, 0.15) is 6.04 Å². The molecule has 0 aromatic carbocycles. The molecule has 0 amide bonds. The summed E-state index contributed by atoms with van der Waals surface area (Å²) in [5.74, 6) is -0.235. The maximum Gasteiger partial charge on any atom is 0.323 e. The first-order chi connectivity index (χ1) is 15.7. The molecule has 0 aliphatic carbocycles. The molecule has 0 aliphatic rings. The average molecular weight is 494 g/mol. The van der Waals surface area contributed by atoms with Crippen LogP contribution in [0.15, 0.2) is 0 Å². The number of carbonyl (C=O) groups is 1. The second-order valence-corrected chi connectivity index (χ2v) is 11.0. The molecule has 0 unspecified atom stereocenters. The van der Waals surface area contributed by atoms with Crippen molar-refractivity contribution >= 4 is 16.1 Å². The molecule has 0 aliphatic heterocycles. The van der Waals surface area contributed by atoms with E-state index in [1.165, 1.54) is 96.8 Å². The topological polar surface area (TPSA) is 107 Å². The highest BCUT2D eigenvalue weighted by Gasteiger charge is 2.20. The van der Waals surface area contributed by atoms with Crippen molar-refractivity contribution in [3.63, 3.8) is 0 Å². The smallest absolute Gasteiger partial charge is 0.323 e. The van der Waals surface area contributed by atoms with E-state index >= 15 is 0 Å². The standard InChI is InChI=1S/C24H49NO2.C2H6O3S/c1-4-6-7-8-9-10-11-12-13-14-15-16-17-18-19-20-21-27-24(26)23(25)22(3)5-2;1-2-6(3,4)5/h22-23H,4-21,25H2,1-3H3;2H2,1H3,(H,3,4,5)/t22-,23-;/m0./s1. The van der Waals surface area contributed by atoms with E-state index in [1.807, 2.05) is 13.8 Å². The van der Waals surface area contributed by atoms with E-state index in [0.29, 0.717) is 6.61 Å². The fourth-order valence-electron chi connectivity index (χ4n) is 3.41. The van der Waals surface area contributed by atoms with Gasteiger partial charge in [0, 0.05) is 0 Å². The number of hydrogen-bond acceptors (Lipinski definition) is 5. The van der Waals surface area contributed by atoms with E-state index in [0.717, 1.165) is 19.3 Å². The lowest BCUT2D eigenvalue weighted by Crippen LogP contribution is -2.38. The van der Waals surface area contributed by atoms with Crippen molar-refractivity contribution in [2.75, 3.05) is 12.4 Å². The summed E-state index contributed by atoms with van der Waals surface area (Å²) in [4.78, 5) is 11.8. The molecule has 200 valence electrons. The van der Waals surface area contributed by atoms with Crippen LogP contribution >= 0.6 is 0 Å². The molecule has 2 atom stereocenters. The largest absolute Gasteiger partial charge is 0.465 e. The van der Waals surface area contributed by atoms with Gasteiger partial charge in [-0.3, -0.25) is 9.35 Å². The normalized spacial score (nSPS) is 13.2. The number of nitrogens with two attached hydrogens (primary N) is 1. The fourth-order valence-corrected chi connectivity index (χ4v) is 3.41. The SMILES string of the molecule is CCCCCCCCCCCCCCCCCCOC(=O)[C@@H](N)[C@@H](C)CC.CCS(=O)(=O)O. The van der Waals surface area contributed by atoms with Gasteiger partial charge in [0.05, 0.1) is 12.4 Å². The van der Waals surface area contributed by atoms with Gasteiger partial charge in [-0.2, -0.15) is 8.42 Å². The molecule has 0 spiro atoms. The molecule has 7 heteroatoms. The van der Waals surface area contributed by atoms with Crippen LogP contribution < -0.4 is 5.73 Å². The Labute approximate surface area is 205 Å². The monoisotopic (exact) mass is 493 g/mol. The van der Waals surface area contributed by atoms with Crippen LogP contribution in [0.4, 0.5) is 0 Å². The van der Waals surface area contributed by atoms with E-state index in [1.54, 1.807) is 0 Å². The molecule has 0 heterocycles. The zero-order valence-corrected chi connectivity index (χ0v) is 23.0. The van der Waals surface area contributed by atoms with Gasteiger partial charge in [0.25, 0.3) is 10.1 Å². The molecule has 33 heavy (non-hydrogen) atoms. The van der Waals surface area contributed by atoms with Crippen LogP contribution in [-0.4, -0.2) is 37.3 Å². The van der Waals surface area contributed by atoms with Gasteiger partial charge in [0.15, 0.2) is 0 Å². The summed E-state index contributed by atoms with van der Waals surface area (Å²) in [6, 6.07) is -0.462. The highest BCUT2D eigenvalue weighted by atomic mass is 32.2. The predicted molar refractivity (Wildman–Crippen MR) is 140 cm³/mol. The lowest BCUT2D eigenvalue weighted by atomic mass is 10.0. The maximum absolute atomic E-state index is 11.8. The maximum atomic E-state index is 11.8. The molecule has 3 N–H and O–H groups in total. The molecule has 0 fully saturated rings. The first kappa shape index (κ1) is 34.5. The lowest BCUT2D eigenvalue weighted by Gasteiger charge is -2.16. The number of hydrogen-bond donors (Lipinski definition) is 2. The highest BCUT2D eigenvalue weighted by molar-refractivity contribution is 7.85. The molecule has 0 bridgehead atoms. The minimum Gasteiger partial charge on any atom is -0.465 e. The minimum absolute atomic E-state index is 0.197. The summed E-state index contributed by atoms with van der Waals surface area (Å²) in [6.07, 6.45) is 22.6. The molecule has 0 saturated carbocycles. The predicted octanol–water partition coefficient (Wildman–Crippen LogP) is 7.06. The van der Waals surface area contributed by atoms with E-state index < -0.39 is 16.2 Å². The molecule has 0 radical (unpaired) electrons. The van der Waals surface area contributed by atoms with E-state index in [4.69, 9.17) is 15.0 Å². The Kier molecular flexibility index (Phi) is 25.6. The van der Waals surface area contributed by atoms with Crippen LogP contribution in [0.5, 0.6) is 0 Å². The molecular weight excluding hydrogens is 438 g/mol. The number of unbranched alkanes of at least 4 members (excludes halogenated alkanes) is 15. The van der Waals surface area contributed by atoms with Crippen LogP contribution in [0.3, 0.4) is 0 Å². The molecule has 6 nitrogen and oxygen atoms in total. The fraction of sp³-hybridized carbons (Fsp3) is 0.962. The summed E-state index contributed by atoms with van der Waals surface area (Å²) in [5, 5.41) is 0. The highest BCUT2D eigenvalue weighted by Crippen LogP contribution is 2.14. The Bertz CT molecular complexity index is 525. The van der Waals surface area contributed by atoms with Crippen LogP contribution in [0.2, 0.25) is 0 Å².